The fourth-order valence-corrected chi connectivity index (χ4v) is 3.25. The molecule has 0 spiro atoms. The zero-order chi connectivity index (χ0) is 16.2. The SMILES string of the molecule is CC(CCN(C)C)NS(=O)(=O)c1ccc(N)cc1C(=O)O. The average Bonchev–Trinajstić information content (AvgIpc) is 2.35. The van der Waals surface area contributed by atoms with Gasteiger partial charge in [0.15, 0.2) is 0 Å². The lowest BCUT2D eigenvalue weighted by atomic mass is 10.2. The first kappa shape index (κ1) is 17.4. The van der Waals surface area contributed by atoms with Crippen LogP contribution in [-0.4, -0.2) is 51.1 Å². The highest BCUT2D eigenvalue weighted by atomic mass is 32.2. The van der Waals surface area contributed by atoms with Gasteiger partial charge in [-0.05, 0) is 52.2 Å². The van der Waals surface area contributed by atoms with Crippen molar-refractivity contribution in [1.82, 2.24) is 9.62 Å². The number of carbonyl (C=O) groups is 1. The minimum absolute atomic E-state index is 0.201. The summed E-state index contributed by atoms with van der Waals surface area (Å²) in [6, 6.07) is 3.41. The zero-order valence-electron chi connectivity index (χ0n) is 12.3. The van der Waals surface area contributed by atoms with Crippen molar-refractivity contribution in [3.05, 3.63) is 23.8 Å². The molecule has 0 bridgehead atoms. The minimum Gasteiger partial charge on any atom is -0.478 e. The molecule has 0 aliphatic heterocycles. The Morgan fingerprint density at radius 2 is 2.05 bits per heavy atom. The van der Waals surface area contributed by atoms with Crippen molar-refractivity contribution >= 4 is 21.7 Å². The van der Waals surface area contributed by atoms with E-state index in [-0.39, 0.29) is 22.2 Å². The van der Waals surface area contributed by atoms with Gasteiger partial charge >= 0.3 is 5.97 Å². The topological polar surface area (TPSA) is 113 Å². The molecule has 1 aromatic rings. The van der Waals surface area contributed by atoms with Crippen LogP contribution in [0, 0.1) is 0 Å². The molecule has 1 aromatic carbocycles. The van der Waals surface area contributed by atoms with E-state index < -0.39 is 16.0 Å². The van der Waals surface area contributed by atoms with Gasteiger partial charge in [0, 0.05) is 11.7 Å². The molecule has 7 nitrogen and oxygen atoms in total. The van der Waals surface area contributed by atoms with Gasteiger partial charge in [0.05, 0.1) is 10.5 Å². The molecule has 0 heterocycles. The molecule has 0 radical (unpaired) electrons. The van der Waals surface area contributed by atoms with Gasteiger partial charge in [0.1, 0.15) is 0 Å². The van der Waals surface area contributed by atoms with Gasteiger partial charge in [-0.25, -0.2) is 17.9 Å². The third-order valence-corrected chi connectivity index (χ3v) is 4.54. The van der Waals surface area contributed by atoms with Gasteiger partial charge in [-0.15, -0.1) is 0 Å². The molecule has 1 rings (SSSR count). The van der Waals surface area contributed by atoms with Crippen molar-refractivity contribution in [2.75, 3.05) is 26.4 Å². The number of nitrogens with one attached hydrogen (secondary N) is 1. The second-order valence-electron chi connectivity index (χ2n) is 5.18. The third-order valence-electron chi connectivity index (χ3n) is 2.89. The molecule has 0 aliphatic rings. The maximum absolute atomic E-state index is 12.3. The van der Waals surface area contributed by atoms with E-state index in [9.17, 15) is 13.2 Å². The van der Waals surface area contributed by atoms with E-state index in [1.807, 2.05) is 19.0 Å². The van der Waals surface area contributed by atoms with Gasteiger partial charge in [0.25, 0.3) is 0 Å². The summed E-state index contributed by atoms with van der Waals surface area (Å²) < 4.78 is 27.1. The molecular weight excluding hydrogens is 294 g/mol. The standard InChI is InChI=1S/C13H21N3O4S/c1-9(6-7-16(2)3)15-21(19,20)12-5-4-10(14)8-11(12)13(17)18/h4-5,8-9,15H,6-7,14H2,1-3H3,(H,17,18). The summed E-state index contributed by atoms with van der Waals surface area (Å²) in [5.74, 6) is -1.33. The van der Waals surface area contributed by atoms with E-state index in [2.05, 4.69) is 4.72 Å². The molecule has 0 aliphatic carbocycles. The summed E-state index contributed by atoms with van der Waals surface area (Å²) in [5.41, 5.74) is 5.38. The molecule has 118 valence electrons. The van der Waals surface area contributed by atoms with Gasteiger partial charge in [-0.1, -0.05) is 0 Å². The normalized spacial score (nSPS) is 13.3. The van der Waals surface area contributed by atoms with Crippen LogP contribution in [0.25, 0.3) is 0 Å². The highest BCUT2D eigenvalue weighted by Crippen LogP contribution is 2.19. The molecule has 0 amide bonds. The summed E-state index contributed by atoms with van der Waals surface area (Å²) in [6.45, 7) is 2.45. The summed E-state index contributed by atoms with van der Waals surface area (Å²) in [6.07, 6.45) is 0.615. The largest absolute Gasteiger partial charge is 0.478 e. The third kappa shape index (κ3) is 5.00. The number of nitrogen functional groups attached to an aromatic ring is 1. The molecule has 0 saturated heterocycles. The molecular formula is C13H21N3O4S. The number of carboxylic acids is 1. The van der Waals surface area contributed by atoms with Crippen molar-refractivity contribution in [1.29, 1.82) is 0 Å². The number of benzene rings is 1. The van der Waals surface area contributed by atoms with Gasteiger partial charge < -0.3 is 15.7 Å². The van der Waals surface area contributed by atoms with E-state index in [1.165, 1.54) is 12.1 Å². The van der Waals surface area contributed by atoms with E-state index in [1.54, 1.807) is 6.92 Å². The van der Waals surface area contributed by atoms with Crippen LogP contribution in [0.1, 0.15) is 23.7 Å². The van der Waals surface area contributed by atoms with Crippen LogP contribution in [0.4, 0.5) is 5.69 Å². The summed E-state index contributed by atoms with van der Waals surface area (Å²) in [7, 11) is -0.120. The van der Waals surface area contributed by atoms with E-state index in [4.69, 9.17) is 10.8 Å². The van der Waals surface area contributed by atoms with Crippen molar-refractivity contribution in [3.63, 3.8) is 0 Å². The molecule has 1 atom stereocenters. The van der Waals surface area contributed by atoms with Crippen molar-refractivity contribution in [3.8, 4) is 0 Å². The monoisotopic (exact) mass is 315 g/mol. The first-order valence-corrected chi connectivity index (χ1v) is 7.91. The van der Waals surface area contributed by atoms with E-state index >= 15 is 0 Å². The van der Waals surface area contributed by atoms with E-state index in [0.717, 1.165) is 12.6 Å². The second kappa shape index (κ2) is 6.88. The molecule has 0 aromatic heterocycles. The Bertz CT molecular complexity index is 614. The summed E-state index contributed by atoms with van der Waals surface area (Å²) in [5, 5.41) is 9.11. The lowest BCUT2D eigenvalue weighted by molar-refractivity contribution is 0.0692. The van der Waals surface area contributed by atoms with Crippen LogP contribution in [0.2, 0.25) is 0 Å². The number of rotatable bonds is 7. The zero-order valence-corrected chi connectivity index (χ0v) is 13.1. The smallest absolute Gasteiger partial charge is 0.337 e. The van der Waals surface area contributed by atoms with E-state index in [0.29, 0.717) is 6.42 Å². The average molecular weight is 315 g/mol. The molecule has 21 heavy (non-hydrogen) atoms. The summed E-state index contributed by atoms with van der Waals surface area (Å²) >= 11 is 0. The number of nitrogens with zero attached hydrogens (tertiary/aromatic N) is 1. The van der Waals surface area contributed by atoms with Crippen LogP contribution in [0.3, 0.4) is 0 Å². The minimum atomic E-state index is -3.90. The Morgan fingerprint density at radius 3 is 2.57 bits per heavy atom. The Morgan fingerprint density at radius 1 is 1.43 bits per heavy atom. The maximum Gasteiger partial charge on any atom is 0.337 e. The van der Waals surface area contributed by atoms with Crippen LogP contribution < -0.4 is 10.5 Å². The highest BCUT2D eigenvalue weighted by molar-refractivity contribution is 7.89. The van der Waals surface area contributed by atoms with Crippen molar-refractivity contribution < 1.29 is 18.3 Å². The van der Waals surface area contributed by atoms with Gasteiger partial charge in [-0.2, -0.15) is 0 Å². The molecule has 1 unspecified atom stereocenters. The maximum atomic E-state index is 12.3. The molecule has 0 fully saturated rings. The van der Waals surface area contributed by atoms with Gasteiger partial charge in [0.2, 0.25) is 10.0 Å². The Hall–Kier alpha value is -1.64. The number of hydrogen-bond acceptors (Lipinski definition) is 5. The van der Waals surface area contributed by atoms with Crippen molar-refractivity contribution in [2.24, 2.45) is 0 Å². The fourth-order valence-electron chi connectivity index (χ4n) is 1.79. The molecule has 0 saturated carbocycles. The lowest BCUT2D eigenvalue weighted by Gasteiger charge is -2.17. The van der Waals surface area contributed by atoms with Crippen LogP contribution in [0.15, 0.2) is 23.1 Å². The molecule has 8 heteroatoms. The quantitative estimate of drug-likeness (QED) is 0.635. The predicted octanol–water partition coefficient (Wildman–Crippen LogP) is 0.586. The number of hydrogen-bond donors (Lipinski definition) is 3. The number of aromatic carboxylic acids is 1. The second-order valence-corrected chi connectivity index (χ2v) is 6.86. The number of anilines is 1. The van der Waals surface area contributed by atoms with Gasteiger partial charge in [-0.3, -0.25) is 0 Å². The highest BCUT2D eigenvalue weighted by Gasteiger charge is 2.24. The Labute approximate surface area is 124 Å². The van der Waals surface area contributed by atoms with Crippen LogP contribution >= 0.6 is 0 Å². The van der Waals surface area contributed by atoms with Crippen molar-refractivity contribution in [2.45, 2.75) is 24.3 Å². The Kier molecular flexibility index (Phi) is 5.70. The fraction of sp³-hybridized carbons (Fsp3) is 0.462. The summed E-state index contributed by atoms with van der Waals surface area (Å²) in [4.78, 5) is 12.8. The number of carboxylic acid groups (broad SMARTS) is 1. The van der Waals surface area contributed by atoms with Crippen LogP contribution in [-0.2, 0) is 10.0 Å². The lowest BCUT2D eigenvalue weighted by Crippen LogP contribution is -2.35. The first-order chi connectivity index (χ1) is 9.63. The van der Waals surface area contributed by atoms with Crippen LogP contribution in [0.5, 0.6) is 0 Å². The number of sulfonamides is 1. The first-order valence-electron chi connectivity index (χ1n) is 6.43. The molecule has 4 N–H and O–H groups in total. The number of nitrogens with two attached hydrogens (primary N) is 1. The predicted molar refractivity (Wildman–Crippen MR) is 80.8 cm³/mol. The Balaban J connectivity index is 3.00.